The average molecular weight is 330 g/mol. The Bertz CT molecular complexity index is 740. The molecule has 2 aromatic rings. The lowest BCUT2D eigenvalue weighted by Crippen LogP contribution is -2.21. The van der Waals surface area contributed by atoms with Crippen LogP contribution in [0.5, 0.6) is 5.75 Å². The van der Waals surface area contributed by atoms with E-state index in [9.17, 15) is 0 Å². The molecule has 4 nitrogen and oxygen atoms in total. The van der Waals surface area contributed by atoms with Crippen LogP contribution in [0.1, 0.15) is 55.1 Å². The van der Waals surface area contributed by atoms with Crippen molar-refractivity contribution in [3.8, 4) is 5.75 Å². The number of aryl methyl sites for hydroxylation is 2. The molecule has 0 radical (unpaired) electrons. The zero-order valence-electron chi connectivity index (χ0n) is 14.8. The summed E-state index contributed by atoms with van der Waals surface area (Å²) < 4.78 is 23.8. The Kier molecular flexibility index (Phi) is 4.27. The molecular formula is C20H26O4. The third kappa shape index (κ3) is 2.82. The van der Waals surface area contributed by atoms with Crippen LogP contribution in [0, 0.1) is 13.8 Å². The lowest BCUT2D eigenvalue weighted by atomic mass is 9.93. The maximum atomic E-state index is 6.13. The first-order valence-electron chi connectivity index (χ1n) is 9.08. The summed E-state index contributed by atoms with van der Waals surface area (Å²) in [6.45, 7) is 7.63. The monoisotopic (exact) mass is 330 g/mol. The molecule has 3 heterocycles. The number of hydrogen-bond acceptors (Lipinski definition) is 4. The van der Waals surface area contributed by atoms with Crippen LogP contribution in [-0.2, 0) is 22.5 Å². The van der Waals surface area contributed by atoms with Crippen molar-refractivity contribution in [2.75, 3.05) is 6.61 Å². The van der Waals surface area contributed by atoms with E-state index in [2.05, 4.69) is 26.8 Å². The van der Waals surface area contributed by atoms with Crippen molar-refractivity contribution in [1.29, 1.82) is 0 Å². The summed E-state index contributed by atoms with van der Waals surface area (Å²) in [6, 6.07) is 2.13. The topological polar surface area (TPSA) is 40.8 Å². The molecule has 1 aromatic heterocycles. The Balaban J connectivity index is 1.63. The van der Waals surface area contributed by atoms with E-state index in [1.54, 1.807) is 0 Å². The van der Waals surface area contributed by atoms with Crippen molar-refractivity contribution in [2.24, 2.45) is 0 Å². The predicted octanol–water partition coefficient (Wildman–Crippen LogP) is 4.81. The lowest BCUT2D eigenvalue weighted by molar-refractivity contribution is -0.171. The second-order valence-electron chi connectivity index (χ2n) is 7.09. The SMILES string of the molecule is Cc1c2c(c3cc(COC4CCCCO4)oc3c1C)CCC(C)O2. The Morgan fingerprint density at radius 3 is 2.83 bits per heavy atom. The molecule has 0 saturated carbocycles. The van der Waals surface area contributed by atoms with Crippen molar-refractivity contribution in [3.63, 3.8) is 0 Å². The molecule has 0 amide bonds. The van der Waals surface area contributed by atoms with E-state index in [-0.39, 0.29) is 12.4 Å². The van der Waals surface area contributed by atoms with Gasteiger partial charge in [0.25, 0.3) is 0 Å². The number of benzene rings is 1. The minimum absolute atomic E-state index is 0.0899. The van der Waals surface area contributed by atoms with Gasteiger partial charge >= 0.3 is 0 Å². The molecule has 1 fully saturated rings. The molecular weight excluding hydrogens is 304 g/mol. The fourth-order valence-electron chi connectivity index (χ4n) is 3.74. The smallest absolute Gasteiger partial charge is 0.158 e. The van der Waals surface area contributed by atoms with Crippen molar-refractivity contribution in [2.45, 2.75) is 71.9 Å². The highest BCUT2D eigenvalue weighted by atomic mass is 16.7. The third-order valence-corrected chi connectivity index (χ3v) is 5.30. The van der Waals surface area contributed by atoms with E-state index in [0.717, 1.165) is 54.9 Å². The molecule has 24 heavy (non-hydrogen) atoms. The van der Waals surface area contributed by atoms with Gasteiger partial charge in [-0.25, -0.2) is 0 Å². The summed E-state index contributed by atoms with van der Waals surface area (Å²) in [6.07, 6.45) is 5.57. The van der Waals surface area contributed by atoms with Gasteiger partial charge in [0.15, 0.2) is 6.29 Å². The summed E-state index contributed by atoms with van der Waals surface area (Å²) in [5.41, 5.74) is 4.63. The summed E-state index contributed by atoms with van der Waals surface area (Å²) in [5, 5.41) is 1.18. The van der Waals surface area contributed by atoms with Crippen molar-refractivity contribution < 1.29 is 18.6 Å². The zero-order valence-corrected chi connectivity index (χ0v) is 14.8. The van der Waals surface area contributed by atoms with Gasteiger partial charge in [0.05, 0.1) is 6.10 Å². The number of ether oxygens (including phenoxy) is 3. The minimum Gasteiger partial charge on any atom is -0.490 e. The van der Waals surface area contributed by atoms with E-state index < -0.39 is 0 Å². The van der Waals surface area contributed by atoms with Crippen LogP contribution < -0.4 is 4.74 Å². The molecule has 1 saturated heterocycles. The largest absolute Gasteiger partial charge is 0.490 e. The summed E-state index contributed by atoms with van der Waals surface area (Å²) >= 11 is 0. The number of hydrogen-bond donors (Lipinski definition) is 0. The maximum Gasteiger partial charge on any atom is 0.158 e. The molecule has 0 aliphatic carbocycles. The molecule has 4 heteroatoms. The van der Waals surface area contributed by atoms with Gasteiger partial charge < -0.3 is 18.6 Å². The van der Waals surface area contributed by atoms with Crippen LogP contribution in [0.3, 0.4) is 0 Å². The summed E-state index contributed by atoms with van der Waals surface area (Å²) in [5.74, 6) is 1.93. The van der Waals surface area contributed by atoms with Crippen LogP contribution >= 0.6 is 0 Å². The molecule has 0 bridgehead atoms. The lowest BCUT2D eigenvalue weighted by Gasteiger charge is -2.26. The first-order valence-corrected chi connectivity index (χ1v) is 9.08. The van der Waals surface area contributed by atoms with Crippen molar-refractivity contribution >= 4 is 11.0 Å². The van der Waals surface area contributed by atoms with E-state index in [1.165, 1.54) is 22.9 Å². The van der Waals surface area contributed by atoms with Crippen LogP contribution in [0.15, 0.2) is 10.5 Å². The fourth-order valence-corrected chi connectivity index (χ4v) is 3.74. The molecule has 2 atom stereocenters. The van der Waals surface area contributed by atoms with Gasteiger partial charge in [-0.15, -0.1) is 0 Å². The highest BCUT2D eigenvalue weighted by molar-refractivity contribution is 5.88. The Labute approximate surface area is 143 Å². The Morgan fingerprint density at radius 2 is 2.04 bits per heavy atom. The fraction of sp³-hybridized carbons (Fsp3) is 0.600. The van der Waals surface area contributed by atoms with Crippen LogP contribution in [0.25, 0.3) is 11.0 Å². The zero-order chi connectivity index (χ0) is 16.7. The van der Waals surface area contributed by atoms with E-state index >= 15 is 0 Å². The van der Waals surface area contributed by atoms with Crippen molar-refractivity contribution in [1.82, 2.24) is 0 Å². The first-order chi connectivity index (χ1) is 11.6. The Hall–Kier alpha value is -1.52. The van der Waals surface area contributed by atoms with Gasteiger partial charge in [0.2, 0.25) is 0 Å². The molecule has 0 N–H and O–H groups in total. The quantitative estimate of drug-likeness (QED) is 0.810. The van der Waals surface area contributed by atoms with Gasteiger partial charge in [0, 0.05) is 17.6 Å². The maximum absolute atomic E-state index is 6.13. The number of furan rings is 1. The van der Waals surface area contributed by atoms with Crippen LogP contribution in [-0.4, -0.2) is 19.0 Å². The normalized spacial score (nSPS) is 24.0. The van der Waals surface area contributed by atoms with Crippen LogP contribution in [0.4, 0.5) is 0 Å². The summed E-state index contributed by atoms with van der Waals surface area (Å²) in [7, 11) is 0. The van der Waals surface area contributed by atoms with Crippen LogP contribution in [0.2, 0.25) is 0 Å². The average Bonchev–Trinajstić information content (AvgIpc) is 3.03. The van der Waals surface area contributed by atoms with E-state index in [0.29, 0.717) is 6.61 Å². The second kappa shape index (κ2) is 6.41. The highest BCUT2D eigenvalue weighted by Gasteiger charge is 2.25. The minimum atomic E-state index is -0.0899. The van der Waals surface area contributed by atoms with E-state index in [4.69, 9.17) is 18.6 Å². The summed E-state index contributed by atoms with van der Waals surface area (Å²) in [4.78, 5) is 0. The second-order valence-corrected chi connectivity index (χ2v) is 7.09. The first kappa shape index (κ1) is 16.0. The Morgan fingerprint density at radius 1 is 1.17 bits per heavy atom. The van der Waals surface area contributed by atoms with Gasteiger partial charge in [-0.3, -0.25) is 0 Å². The molecule has 2 aliphatic rings. The molecule has 2 unspecified atom stereocenters. The third-order valence-electron chi connectivity index (χ3n) is 5.30. The molecule has 130 valence electrons. The molecule has 2 aliphatic heterocycles. The van der Waals surface area contributed by atoms with Gasteiger partial charge in [0.1, 0.15) is 23.7 Å². The number of fused-ring (bicyclic) bond motifs is 3. The van der Waals surface area contributed by atoms with Crippen molar-refractivity contribution in [3.05, 3.63) is 28.5 Å². The van der Waals surface area contributed by atoms with Gasteiger partial charge in [-0.1, -0.05) is 0 Å². The van der Waals surface area contributed by atoms with Gasteiger partial charge in [-0.2, -0.15) is 0 Å². The van der Waals surface area contributed by atoms with Gasteiger partial charge in [-0.05, 0) is 70.1 Å². The predicted molar refractivity (Wildman–Crippen MR) is 92.5 cm³/mol. The number of rotatable bonds is 3. The highest BCUT2D eigenvalue weighted by Crippen LogP contribution is 2.41. The molecule has 0 spiro atoms. The molecule has 4 rings (SSSR count). The standard InChI is InChI=1S/C20H26O4/c1-12-7-8-16-17-10-15(11-22-18-6-4-5-9-21-18)24-20(17)14(3)13(2)19(16)23-12/h10,12,18H,4-9,11H2,1-3H3. The van der Waals surface area contributed by atoms with E-state index in [1.807, 2.05) is 0 Å². The molecule has 1 aromatic carbocycles.